The van der Waals surface area contributed by atoms with Crippen LogP contribution in [-0.2, 0) is 4.74 Å². The number of carbonyl (C=O) groups is 2. The van der Waals surface area contributed by atoms with Gasteiger partial charge >= 0.3 is 0 Å². The van der Waals surface area contributed by atoms with Crippen molar-refractivity contribution in [2.45, 2.75) is 71.1 Å². The zero-order chi connectivity index (χ0) is 29.4. The summed E-state index contributed by atoms with van der Waals surface area (Å²) in [5.74, 6) is 0.756. The maximum absolute atomic E-state index is 14.2. The van der Waals surface area contributed by atoms with Crippen LogP contribution in [0.3, 0.4) is 0 Å². The summed E-state index contributed by atoms with van der Waals surface area (Å²) in [5, 5.41) is 13.0. The zero-order valence-corrected chi connectivity index (χ0v) is 24.9. The van der Waals surface area contributed by atoms with Crippen LogP contribution >= 0.6 is 0 Å². The van der Waals surface area contributed by atoms with Crippen LogP contribution in [0.15, 0.2) is 42.7 Å². The van der Waals surface area contributed by atoms with Crippen LogP contribution in [0, 0.1) is 11.8 Å². The molecule has 9 nitrogen and oxygen atoms in total. The second kappa shape index (κ2) is 14.8. The van der Waals surface area contributed by atoms with Gasteiger partial charge in [-0.25, -0.2) is 0 Å². The molecule has 2 heterocycles. The molecule has 41 heavy (non-hydrogen) atoms. The van der Waals surface area contributed by atoms with E-state index < -0.39 is 6.04 Å². The number of nitrogens with one attached hydrogen (secondary N) is 1. The summed E-state index contributed by atoms with van der Waals surface area (Å²) in [7, 11) is 2.15. The normalized spacial score (nSPS) is 23.3. The Balaban J connectivity index is 1.62. The van der Waals surface area contributed by atoms with E-state index in [-0.39, 0.29) is 36.5 Å². The third-order valence-electron chi connectivity index (χ3n) is 8.01. The number of hydrogen-bond acceptors (Lipinski definition) is 7. The van der Waals surface area contributed by atoms with Gasteiger partial charge in [0.2, 0.25) is 0 Å². The molecule has 2 aromatic rings. The number of carbonyl (C=O) groups excluding carboxylic acids is 2. The first-order chi connectivity index (χ1) is 19.7. The van der Waals surface area contributed by atoms with Crippen molar-refractivity contribution in [3.8, 4) is 5.75 Å². The van der Waals surface area contributed by atoms with Crippen molar-refractivity contribution in [2.24, 2.45) is 11.8 Å². The van der Waals surface area contributed by atoms with Gasteiger partial charge in [0, 0.05) is 55.8 Å². The van der Waals surface area contributed by atoms with Crippen LogP contribution in [0.2, 0.25) is 0 Å². The van der Waals surface area contributed by atoms with Crippen molar-refractivity contribution in [3.63, 3.8) is 0 Å². The van der Waals surface area contributed by atoms with E-state index in [1.165, 1.54) is 12.8 Å². The van der Waals surface area contributed by atoms with Crippen molar-refractivity contribution in [1.29, 1.82) is 0 Å². The molecule has 4 atom stereocenters. The second-order valence-electron chi connectivity index (χ2n) is 11.9. The van der Waals surface area contributed by atoms with Gasteiger partial charge in [0.1, 0.15) is 5.75 Å². The number of hydrogen-bond donors (Lipinski definition) is 2. The average Bonchev–Trinajstić information content (AvgIpc) is 3.78. The minimum absolute atomic E-state index is 0.0374. The Morgan fingerprint density at radius 2 is 1.90 bits per heavy atom. The van der Waals surface area contributed by atoms with Crippen molar-refractivity contribution < 1.29 is 24.2 Å². The molecule has 0 radical (unpaired) electrons. The molecule has 1 aliphatic carbocycles. The molecular formula is C32H46N4O5. The highest BCUT2D eigenvalue weighted by molar-refractivity contribution is 6.05. The fraction of sp³-hybridized carbons (Fsp3) is 0.594. The maximum atomic E-state index is 14.2. The Hall–Kier alpha value is -3.01. The number of nitrogens with zero attached hydrogens (tertiary/aromatic N) is 3. The molecule has 9 heteroatoms. The number of aliphatic hydroxyl groups excluding tert-OH is 1. The predicted octanol–water partition coefficient (Wildman–Crippen LogP) is 4.47. The van der Waals surface area contributed by atoms with Crippen molar-refractivity contribution in [1.82, 2.24) is 14.8 Å². The summed E-state index contributed by atoms with van der Waals surface area (Å²) >= 11 is 0. The summed E-state index contributed by atoms with van der Waals surface area (Å²) in [4.78, 5) is 35.1. The molecule has 2 amide bonds. The lowest BCUT2D eigenvalue weighted by molar-refractivity contribution is -0.0172. The molecule has 224 valence electrons. The Labute approximate surface area is 244 Å². The van der Waals surface area contributed by atoms with Crippen LogP contribution in [0.1, 0.15) is 73.6 Å². The Bertz CT molecular complexity index is 1140. The molecule has 1 aromatic carbocycles. The number of aromatic nitrogens is 1. The molecule has 0 spiro atoms. The SMILES string of the molecule is C[C@@H]1CCCCO[C@H](CN(C)CC2CC2)[C@H](C)CN([C@H](C)CO)C(=O)c2cc(NC(=O)c3ccncc3)ccc2O1. The largest absolute Gasteiger partial charge is 0.490 e. The van der Waals surface area contributed by atoms with Gasteiger partial charge < -0.3 is 29.7 Å². The van der Waals surface area contributed by atoms with Gasteiger partial charge in [0.05, 0.1) is 30.4 Å². The number of amides is 2. The molecule has 0 saturated heterocycles. The third-order valence-corrected chi connectivity index (χ3v) is 8.01. The summed E-state index contributed by atoms with van der Waals surface area (Å²) < 4.78 is 12.7. The predicted molar refractivity (Wildman–Crippen MR) is 159 cm³/mol. The van der Waals surface area contributed by atoms with E-state index in [9.17, 15) is 14.7 Å². The Kier molecular flexibility index (Phi) is 11.1. The number of anilines is 1. The summed E-state index contributed by atoms with van der Waals surface area (Å²) in [6.45, 7) is 8.76. The molecule has 1 saturated carbocycles. The van der Waals surface area contributed by atoms with E-state index >= 15 is 0 Å². The second-order valence-corrected chi connectivity index (χ2v) is 11.9. The topological polar surface area (TPSA) is 104 Å². The number of aliphatic hydroxyl groups is 1. The molecule has 1 aromatic heterocycles. The van der Waals surface area contributed by atoms with Gasteiger partial charge in [-0.05, 0) is 89.2 Å². The minimum Gasteiger partial charge on any atom is -0.490 e. The van der Waals surface area contributed by atoms with Crippen molar-refractivity contribution in [2.75, 3.05) is 45.2 Å². The van der Waals surface area contributed by atoms with Gasteiger partial charge in [-0.2, -0.15) is 0 Å². The van der Waals surface area contributed by atoms with E-state index in [0.29, 0.717) is 35.7 Å². The fourth-order valence-corrected chi connectivity index (χ4v) is 5.29. The monoisotopic (exact) mass is 566 g/mol. The van der Waals surface area contributed by atoms with E-state index in [1.54, 1.807) is 47.6 Å². The highest BCUT2D eigenvalue weighted by Gasteiger charge is 2.31. The molecule has 0 bridgehead atoms. The van der Waals surface area contributed by atoms with Crippen molar-refractivity contribution in [3.05, 3.63) is 53.9 Å². The molecule has 4 rings (SSSR count). The molecular weight excluding hydrogens is 520 g/mol. The van der Waals surface area contributed by atoms with Gasteiger partial charge in [-0.3, -0.25) is 14.6 Å². The summed E-state index contributed by atoms with van der Waals surface area (Å²) in [5.41, 5.74) is 1.32. The lowest BCUT2D eigenvalue weighted by atomic mass is 10.0. The number of pyridine rings is 1. The van der Waals surface area contributed by atoms with Crippen molar-refractivity contribution >= 4 is 17.5 Å². The maximum Gasteiger partial charge on any atom is 0.258 e. The van der Waals surface area contributed by atoms with Crippen LogP contribution in [0.25, 0.3) is 0 Å². The molecule has 1 fully saturated rings. The number of rotatable bonds is 8. The number of ether oxygens (including phenoxy) is 2. The fourth-order valence-electron chi connectivity index (χ4n) is 5.29. The highest BCUT2D eigenvalue weighted by Crippen LogP contribution is 2.31. The van der Waals surface area contributed by atoms with E-state index in [1.807, 2.05) is 13.8 Å². The molecule has 1 aliphatic heterocycles. The summed E-state index contributed by atoms with van der Waals surface area (Å²) in [6.07, 6.45) is 8.30. The van der Waals surface area contributed by atoms with Gasteiger partial charge in [0.15, 0.2) is 0 Å². The minimum atomic E-state index is -0.414. The lowest BCUT2D eigenvalue weighted by Gasteiger charge is -2.36. The van der Waals surface area contributed by atoms with Gasteiger partial charge in [-0.1, -0.05) is 6.92 Å². The molecule has 2 aliphatic rings. The van der Waals surface area contributed by atoms with E-state index in [0.717, 1.165) is 38.3 Å². The zero-order valence-electron chi connectivity index (χ0n) is 24.9. The first-order valence-corrected chi connectivity index (χ1v) is 15.0. The van der Waals surface area contributed by atoms with Crippen LogP contribution in [0.5, 0.6) is 5.75 Å². The first kappa shape index (κ1) is 30.9. The first-order valence-electron chi connectivity index (χ1n) is 15.0. The van der Waals surface area contributed by atoms with E-state index in [2.05, 4.69) is 29.2 Å². The molecule has 0 unspecified atom stereocenters. The number of benzene rings is 1. The highest BCUT2D eigenvalue weighted by atomic mass is 16.5. The Morgan fingerprint density at radius 3 is 2.61 bits per heavy atom. The molecule has 2 N–H and O–H groups in total. The van der Waals surface area contributed by atoms with Gasteiger partial charge in [-0.15, -0.1) is 0 Å². The quantitative estimate of drug-likeness (QED) is 0.486. The third kappa shape index (κ3) is 8.99. The van der Waals surface area contributed by atoms with E-state index in [4.69, 9.17) is 9.47 Å². The Morgan fingerprint density at radius 1 is 1.15 bits per heavy atom. The van der Waals surface area contributed by atoms with Crippen LogP contribution in [-0.4, -0.2) is 89.9 Å². The number of fused-ring (bicyclic) bond motifs is 1. The average molecular weight is 567 g/mol. The van der Waals surface area contributed by atoms with Crippen LogP contribution < -0.4 is 10.1 Å². The number of likely N-dealkylation sites (N-methyl/N-ethyl adjacent to an activating group) is 1. The lowest BCUT2D eigenvalue weighted by Crippen LogP contribution is -2.47. The smallest absolute Gasteiger partial charge is 0.258 e. The summed E-state index contributed by atoms with van der Waals surface area (Å²) in [6, 6.07) is 8.04. The van der Waals surface area contributed by atoms with Crippen LogP contribution in [0.4, 0.5) is 5.69 Å². The standard InChI is InChI=1S/C32H46N4O5/c1-22-18-36(23(2)21-37)32(39)28-17-27(34-31(38)26-12-14-33-15-13-26)10-11-29(28)41-24(3)7-5-6-16-40-30(22)20-35(4)19-25-8-9-25/h10-15,17,22-25,30,37H,5-9,16,18-21H2,1-4H3,(H,34,38)/t22-,23-,24-,30-/m1/s1. The van der Waals surface area contributed by atoms with Gasteiger partial charge in [0.25, 0.3) is 11.8 Å².